The minimum absolute atomic E-state index is 0.00370. The Balaban J connectivity index is 2.19. The van der Waals surface area contributed by atoms with Crippen LogP contribution in [-0.4, -0.2) is 40.9 Å². The van der Waals surface area contributed by atoms with Crippen LogP contribution in [0.5, 0.6) is 0 Å². The molecular formula is C18H27NO3. The zero-order chi connectivity index (χ0) is 16.2. The minimum Gasteiger partial charge on any atom is -0.444 e. The number of aliphatic hydroxyl groups excluding tert-OH is 1. The van der Waals surface area contributed by atoms with Crippen LogP contribution in [0.2, 0.25) is 0 Å². The summed E-state index contributed by atoms with van der Waals surface area (Å²) < 4.78 is 5.54. The molecule has 2 rings (SSSR count). The van der Waals surface area contributed by atoms with Crippen molar-refractivity contribution in [2.24, 2.45) is 0 Å². The Morgan fingerprint density at radius 3 is 2.59 bits per heavy atom. The number of hydrogen-bond acceptors (Lipinski definition) is 3. The maximum atomic E-state index is 12.5. The van der Waals surface area contributed by atoms with Crippen molar-refractivity contribution in [3.63, 3.8) is 0 Å². The number of piperidine rings is 1. The van der Waals surface area contributed by atoms with Gasteiger partial charge in [0, 0.05) is 18.5 Å². The van der Waals surface area contributed by atoms with E-state index in [0.717, 1.165) is 24.8 Å². The standard InChI is InChI=1S/C18H27NO3/c1-18(2,3)22-17(21)19-12-8-7-11-16(19)15(13-20)14-9-5-4-6-10-14/h4-6,9-10,15-16,20H,7-8,11-13H2,1-3H3/t15-,16+/m1/s1. The van der Waals surface area contributed by atoms with Gasteiger partial charge in [0.25, 0.3) is 0 Å². The Morgan fingerprint density at radius 2 is 2.00 bits per heavy atom. The third-order valence-corrected chi connectivity index (χ3v) is 4.07. The first-order valence-electron chi connectivity index (χ1n) is 8.08. The molecule has 0 bridgehead atoms. The lowest BCUT2D eigenvalue weighted by Gasteiger charge is -2.40. The summed E-state index contributed by atoms with van der Waals surface area (Å²) in [5.74, 6) is -0.0611. The lowest BCUT2D eigenvalue weighted by molar-refractivity contribution is 0.00347. The van der Waals surface area contributed by atoms with Crippen molar-refractivity contribution in [1.82, 2.24) is 4.90 Å². The number of benzene rings is 1. The molecule has 1 saturated heterocycles. The lowest BCUT2D eigenvalue weighted by Crippen LogP contribution is -2.49. The van der Waals surface area contributed by atoms with Crippen LogP contribution in [0.1, 0.15) is 51.5 Å². The average Bonchev–Trinajstić information content (AvgIpc) is 2.48. The summed E-state index contributed by atoms with van der Waals surface area (Å²) in [6, 6.07) is 9.93. The van der Waals surface area contributed by atoms with Gasteiger partial charge in [0.05, 0.1) is 6.61 Å². The number of rotatable bonds is 3. The van der Waals surface area contributed by atoms with Gasteiger partial charge in [-0.2, -0.15) is 0 Å². The van der Waals surface area contributed by atoms with Gasteiger partial charge in [-0.3, -0.25) is 0 Å². The molecule has 1 amide bonds. The molecule has 1 heterocycles. The molecule has 0 saturated carbocycles. The topological polar surface area (TPSA) is 49.8 Å². The fourth-order valence-corrected chi connectivity index (χ4v) is 3.07. The molecule has 22 heavy (non-hydrogen) atoms. The van der Waals surface area contributed by atoms with E-state index in [0.29, 0.717) is 6.54 Å². The third kappa shape index (κ3) is 4.23. The fourth-order valence-electron chi connectivity index (χ4n) is 3.07. The number of carbonyl (C=O) groups is 1. The molecule has 0 aromatic heterocycles. The van der Waals surface area contributed by atoms with Crippen LogP contribution in [0.15, 0.2) is 30.3 Å². The van der Waals surface area contributed by atoms with Gasteiger partial charge >= 0.3 is 6.09 Å². The number of carbonyl (C=O) groups excluding carboxylic acids is 1. The predicted molar refractivity (Wildman–Crippen MR) is 86.8 cm³/mol. The molecule has 1 aromatic carbocycles. The number of hydrogen-bond donors (Lipinski definition) is 1. The molecule has 1 aromatic rings. The van der Waals surface area contributed by atoms with Gasteiger partial charge in [-0.15, -0.1) is 0 Å². The number of amides is 1. The van der Waals surface area contributed by atoms with Crippen LogP contribution in [0.25, 0.3) is 0 Å². The van der Waals surface area contributed by atoms with Crippen LogP contribution in [0.3, 0.4) is 0 Å². The zero-order valence-electron chi connectivity index (χ0n) is 13.8. The monoisotopic (exact) mass is 305 g/mol. The quantitative estimate of drug-likeness (QED) is 0.929. The van der Waals surface area contributed by atoms with Crippen molar-refractivity contribution in [2.45, 2.75) is 57.6 Å². The molecule has 0 spiro atoms. The smallest absolute Gasteiger partial charge is 0.410 e. The Bertz CT molecular complexity index is 481. The highest BCUT2D eigenvalue weighted by atomic mass is 16.6. The molecule has 4 nitrogen and oxygen atoms in total. The van der Waals surface area contributed by atoms with E-state index >= 15 is 0 Å². The second kappa shape index (κ2) is 7.14. The van der Waals surface area contributed by atoms with E-state index in [4.69, 9.17) is 4.74 Å². The van der Waals surface area contributed by atoms with E-state index in [-0.39, 0.29) is 24.7 Å². The highest BCUT2D eigenvalue weighted by molar-refractivity contribution is 5.69. The molecule has 1 fully saturated rings. The first-order valence-corrected chi connectivity index (χ1v) is 8.08. The summed E-state index contributed by atoms with van der Waals surface area (Å²) in [6.45, 7) is 6.37. The fraction of sp³-hybridized carbons (Fsp3) is 0.611. The zero-order valence-corrected chi connectivity index (χ0v) is 13.8. The number of aliphatic hydroxyl groups is 1. The lowest BCUT2D eigenvalue weighted by atomic mass is 9.86. The normalized spacial score (nSPS) is 20.5. The van der Waals surface area contributed by atoms with Crippen LogP contribution in [0, 0.1) is 0 Å². The Hall–Kier alpha value is -1.55. The summed E-state index contributed by atoms with van der Waals surface area (Å²) in [6.07, 6.45) is 2.70. The molecule has 1 N–H and O–H groups in total. The largest absolute Gasteiger partial charge is 0.444 e. The van der Waals surface area contributed by atoms with Gasteiger partial charge in [0.2, 0.25) is 0 Å². The van der Waals surface area contributed by atoms with Crippen LogP contribution in [-0.2, 0) is 4.74 Å². The average molecular weight is 305 g/mol. The summed E-state index contributed by atoms with van der Waals surface area (Å²) in [5, 5.41) is 9.89. The highest BCUT2D eigenvalue weighted by Crippen LogP contribution is 2.31. The second-order valence-corrected chi connectivity index (χ2v) is 6.94. The molecule has 0 unspecified atom stereocenters. The molecule has 0 radical (unpaired) electrons. The molecule has 2 atom stereocenters. The Labute approximate surface area is 133 Å². The van der Waals surface area contributed by atoms with Crippen LogP contribution in [0.4, 0.5) is 4.79 Å². The molecular weight excluding hydrogens is 278 g/mol. The second-order valence-electron chi connectivity index (χ2n) is 6.94. The van der Waals surface area contributed by atoms with E-state index in [1.54, 1.807) is 0 Å². The maximum Gasteiger partial charge on any atom is 0.410 e. The molecule has 0 aliphatic carbocycles. The number of nitrogens with zero attached hydrogens (tertiary/aromatic N) is 1. The van der Waals surface area contributed by atoms with Gasteiger partial charge in [-0.25, -0.2) is 4.79 Å². The predicted octanol–water partition coefficient (Wildman–Crippen LogP) is 3.55. The van der Waals surface area contributed by atoms with Gasteiger partial charge in [0.1, 0.15) is 5.60 Å². The molecule has 1 aliphatic heterocycles. The number of likely N-dealkylation sites (tertiary alicyclic amines) is 1. The van der Waals surface area contributed by atoms with Crippen molar-refractivity contribution in [2.75, 3.05) is 13.2 Å². The van der Waals surface area contributed by atoms with Crippen molar-refractivity contribution >= 4 is 6.09 Å². The highest BCUT2D eigenvalue weighted by Gasteiger charge is 2.35. The first kappa shape index (κ1) is 16.8. The maximum absolute atomic E-state index is 12.5. The van der Waals surface area contributed by atoms with Gasteiger partial charge in [-0.1, -0.05) is 30.3 Å². The molecule has 1 aliphatic rings. The molecule has 122 valence electrons. The van der Waals surface area contributed by atoms with Gasteiger partial charge in [0.15, 0.2) is 0 Å². The van der Waals surface area contributed by atoms with E-state index in [1.165, 1.54) is 0 Å². The summed E-state index contributed by atoms with van der Waals surface area (Å²) >= 11 is 0. The van der Waals surface area contributed by atoms with Crippen molar-refractivity contribution < 1.29 is 14.6 Å². The van der Waals surface area contributed by atoms with Crippen molar-refractivity contribution in [1.29, 1.82) is 0 Å². The van der Waals surface area contributed by atoms with E-state index < -0.39 is 5.60 Å². The van der Waals surface area contributed by atoms with Crippen molar-refractivity contribution in [3.05, 3.63) is 35.9 Å². The van der Waals surface area contributed by atoms with E-state index in [9.17, 15) is 9.90 Å². The summed E-state index contributed by atoms with van der Waals surface area (Å²) in [5.41, 5.74) is 0.575. The van der Waals surface area contributed by atoms with E-state index in [2.05, 4.69) is 0 Å². The minimum atomic E-state index is -0.499. The van der Waals surface area contributed by atoms with E-state index in [1.807, 2.05) is 56.0 Å². The van der Waals surface area contributed by atoms with Gasteiger partial charge < -0.3 is 14.7 Å². The Kier molecular flexibility index (Phi) is 5.46. The summed E-state index contributed by atoms with van der Waals surface area (Å²) in [4.78, 5) is 14.3. The van der Waals surface area contributed by atoms with Crippen molar-refractivity contribution in [3.8, 4) is 0 Å². The SMILES string of the molecule is CC(C)(C)OC(=O)N1CCCC[C@H]1[C@H](CO)c1ccccc1. The molecule has 4 heteroatoms. The van der Waals surface area contributed by atoms with Crippen LogP contribution < -0.4 is 0 Å². The van der Waals surface area contributed by atoms with Crippen LogP contribution >= 0.6 is 0 Å². The Morgan fingerprint density at radius 1 is 1.32 bits per heavy atom. The number of ether oxygens (including phenoxy) is 1. The van der Waals surface area contributed by atoms with Gasteiger partial charge in [-0.05, 0) is 45.6 Å². The first-order chi connectivity index (χ1) is 10.4. The third-order valence-electron chi connectivity index (χ3n) is 4.07. The summed E-state index contributed by atoms with van der Waals surface area (Å²) in [7, 11) is 0.